The van der Waals surface area contributed by atoms with Gasteiger partial charge in [0.2, 0.25) is 0 Å². The van der Waals surface area contributed by atoms with Gasteiger partial charge in [-0.3, -0.25) is 4.98 Å². The predicted octanol–water partition coefficient (Wildman–Crippen LogP) is 1.35. The number of aromatic nitrogens is 1. The third-order valence-corrected chi connectivity index (χ3v) is 3.63. The van der Waals surface area contributed by atoms with E-state index in [1.165, 1.54) is 0 Å². The summed E-state index contributed by atoms with van der Waals surface area (Å²) in [5, 5.41) is 0. The van der Waals surface area contributed by atoms with Crippen molar-refractivity contribution in [3.63, 3.8) is 0 Å². The van der Waals surface area contributed by atoms with Gasteiger partial charge in [-0.25, -0.2) is 0 Å². The van der Waals surface area contributed by atoms with Crippen LogP contribution in [0.4, 0.5) is 0 Å². The summed E-state index contributed by atoms with van der Waals surface area (Å²) in [5.74, 6) is 0.417. The zero-order valence-electron chi connectivity index (χ0n) is 11.6. The molecule has 2 saturated heterocycles. The molecule has 0 spiro atoms. The molecule has 2 aliphatic heterocycles. The maximum Gasteiger partial charge on any atom is 0.513 e. The first-order chi connectivity index (χ1) is 9.14. The standard InChI is InChI=1S/C14H20BNO3/c1-14(2)9-18-15(19-10-14)13-5-3-4-12(16-13)11-6-7-17-8-11/h3-5,11H,6-10H2,1-2H3. The van der Waals surface area contributed by atoms with E-state index in [0.717, 1.165) is 30.9 Å². The summed E-state index contributed by atoms with van der Waals surface area (Å²) in [7, 11) is -0.324. The molecule has 4 nitrogen and oxygen atoms in total. The second-order valence-electron chi connectivity index (χ2n) is 6.17. The number of hydrogen-bond acceptors (Lipinski definition) is 4. The summed E-state index contributed by atoms with van der Waals surface area (Å²) in [5.41, 5.74) is 2.06. The highest BCUT2D eigenvalue weighted by atomic mass is 16.6. The minimum absolute atomic E-state index is 0.0907. The minimum atomic E-state index is -0.324. The van der Waals surface area contributed by atoms with Crippen LogP contribution in [0.25, 0.3) is 0 Å². The van der Waals surface area contributed by atoms with Crippen molar-refractivity contribution < 1.29 is 14.0 Å². The molecule has 0 aromatic carbocycles. The minimum Gasteiger partial charge on any atom is -0.406 e. The van der Waals surface area contributed by atoms with Gasteiger partial charge in [-0.1, -0.05) is 19.9 Å². The fourth-order valence-corrected chi connectivity index (χ4v) is 2.46. The number of ether oxygens (including phenoxy) is 1. The lowest BCUT2D eigenvalue weighted by Gasteiger charge is -2.32. The van der Waals surface area contributed by atoms with Crippen molar-refractivity contribution in [3.05, 3.63) is 23.9 Å². The zero-order valence-corrected chi connectivity index (χ0v) is 11.6. The first-order valence-corrected chi connectivity index (χ1v) is 6.92. The van der Waals surface area contributed by atoms with E-state index in [1.54, 1.807) is 0 Å². The van der Waals surface area contributed by atoms with Crippen molar-refractivity contribution in [1.82, 2.24) is 4.98 Å². The molecule has 0 radical (unpaired) electrons. The molecular weight excluding hydrogens is 241 g/mol. The number of nitrogens with zero attached hydrogens (tertiary/aromatic N) is 1. The molecule has 2 aliphatic rings. The van der Waals surface area contributed by atoms with Crippen molar-refractivity contribution in [1.29, 1.82) is 0 Å². The summed E-state index contributed by atoms with van der Waals surface area (Å²) >= 11 is 0. The highest BCUT2D eigenvalue weighted by Crippen LogP contribution is 2.24. The van der Waals surface area contributed by atoms with Gasteiger partial charge in [0.25, 0.3) is 0 Å². The average Bonchev–Trinajstić information content (AvgIpc) is 2.93. The molecule has 0 aliphatic carbocycles. The Morgan fingerprint density at radius 2 is 2.05 bits per heavy atom. The summed E-state index contributed by atoms with van der Waals surface area (Å²) in [6, 6.07) is 6.07. The third kappa shape index (κ3) is 2.99. The van der Waals surface area contributed by atoms with Crippen molar-refractivity contribution in [3.8, 4) is 0 Å². The monoisotopic (exact) mass is 261 g/mol. The second-order valence-corrected chi connectivity index (χ2v) is 6.17. The Balaban J connectivity index is 1.72. The van der Waals surface area contributed by atoms with Gasteiger partial charge in [0.1, 0.15) is 0 Å². The molecule has 2 fully saturated rings. The van der Waals surface area contributed by atoms with Gasteiger partial charge in [0, 0.05) is 36.8 Å². The topological polar surface area (TPSA) is 40.6 Å². The average molecular weight is 261 g/mol. The zero-order chi connectivity index (χ0) is 13.3. The van der Waals surface area contributed by atoms with E-state index in [4.69, 9.17) is 19.0 Å². The number of rotatable bonds is 2. The van der Waals surface area contributed by atoms with Gasteiger partial charge in [0.05, 0.1) is 12.2 Å². The Bertz CT molecular complexity index is 436. The molecule has 0 N–H and O–H groups in total. The van der Waals surface area contributed by atoms with Crippen LogP contribution in [0.15, 0.2) is 18.2 Å². The molecule has 5 heteroatoms. The molecule has 102 valence electrons. The van der Waals surface area contributed by atoms with Gasteiger partial charge < -0.3 is 14.0 Å². The van der Waals surface area contributed by atoms with Crippen LogP contribution in [0, 0.1) is 5.41 Å². The largest absolute Gasteiger partial charge is 0.513 e. The quantitative estimate of drug-likeness (QED) is 0.753. The van der Waals surface area contributed by atoms with E-state index >= 15 is 0 Å². The smallest absolute Gasteiger partial charge is 0.406 e. The lowest BCUT2D eigenvalue weighted by Crippen LogP contribution is -2.48. The van der Waals surface area contributed by atoms with Crippen LogP contribution in [0.5, 0.6) is 0 Å². The van der Waals surface area contributed by atoms with Crippen molar-refractivity contribution in [2.24, 2.45) is 5.41 Å². The van der Waals surface area contributed by atoms with Crippen molar-refractivity contribution in [2.45, 2.75) is 26.2 Å². The first kappa shape index (κ1) is 13.1. The Kier molecular flexibility index (Phi) is 3.61. The van der Waals surface area contributed by atoms with Crippen LogP contribution >= 0.6 is 0 Å². The van der Waals surface area contributed by atoms with E-state index < -0.39 is 0 Å². The Morgan fingerprint density at radius 3 is 2.74 bits per heavy atom. The molecule has 19 heavy (non-hydrogen) atoms. The van der Waals surface area contributed by atoms with Crippen molar-refractivity contribution in [2.75, 3.05) is 26.4 Å². The fourth-order valence-electron chi connectivity index (χ4n) is 2.46. The summed E-state index contributed by atoms with van der Waals surface area (Å²) in [6.45, 7) is 7.30. The molecule has 3 heterocycles. The van der Waals surface area contributed by atoms with Gasteiger partial charge >= 0.3 is 7.12 Å². The van der Waals surface area contributed by atoms with Crippen LogP contribution in [-0.2, 0) is 14.0 Å². The van der Waals surface area contributed by atoms with Crippen LogP contribution in [0.1, 0.15) is 31.9 Å². The predicted molar refractivity (Wildman–Crippen MR) is 73.5 cm³/mol. The van der Waals surface area contributed by atoms with Gasteiger partial charge in [-0.15, -0.1) is 0 Å². The molecule has 1 unspecified atom stereocenters. The highest BCUT2D eigenvalue weighted by Gasteiger charge is 2.34. The van der Waals surface area contributed by atoms with E-state index in [9.17, 15) is 0 Å². The highest BCUT2D eigenvalue weighted by molar-refractivity contribution is 6.60. The van der Waals surface area contributed by atoms with E-state index in [0.29, 0.717) is 19.1 Å². The molecule has 3 rings (SSSR count). The van der Waals surface area contributed by atoms with Gasteiger partial charge in [-0.2, -0.15) is 0 Å². The van der Waals surface area contributed by atoms with Crippen LogP contribution < -0.4 is 5.59 Å². The lowest BCUT2D eigenvalue weighted by atomic mass is 9.79. The Morgan fingerprint density at radius 1 is 1.26 bits per heavy atom. The molecule has 1 aromatic heterocycles. The molecule has 0 bridgehead atoms. The van der Waals surface area contributed by atoms with Crippen LogP contribution in [0.3, 0.4) is 0 Å². The lowest BCUT2D eigenvalue weighted by molar-refractivity contribution is 0.0339. The second kappa shape index (κ2) is 5.23. The molecule has 1 aromatic rings. The Hall–Kier alpha value is -0.905. The van der Waals surface area contributed by atoms with E-state index in [-0.39, 0.29) is 12.5 Å². The molecule has 0 saturated carbocycles. The van der Waals surface area contributed by atoms with Gasteiger partial charge in [0.15, 0.2) is 0 Å². The summed E-state index contributed by atoms with van der Waals surface area (Å²) in [6.07, 6.45) is 1.05. The summed E-state index contributed by atoms with van der Waals surface area (Å²) in [4.78, 5) is 4.70. The third-order valence-electron chi connectivity index (χ3n) is 3.63. The normalized spacial score (nSPS) is 26.6. The fraction of sp³-hybridized carbons (Fsp3) is 0.643. The first-order valence-electron chi connectivity index (χ1n) is 6.92. The van der Waals surface area contributed by atoms with Crippen molar-refractivity contribution >= 4 is 12.7 Å². The summed E-state index contributed by atoms with van der Waals surface area (Å²) < 4.78 is 17.0. The SMILES string of the molecule is CC1(C)COB(c2cccc(C3CCOC3)n2)OC1. The number of pyridine rings is 1. The maximum atomic E-state index is 5.78. The molecule has 0 amide bonds. The van der Waals surface area contributed by atoms with Gasteiger partial charge in [-0.05, 0) is 18.6 Å². The van der Waals surface area contributed by atoms with E-state index in [2.05, 4.69) is 19.9 Å². The van der Waals surface area contributed by atoms with E-state index in [1.807, 2.05) is 12.1 Å². The van der Waals surface area contributed by atoms with Crippen LogP contribution in [0.2, 0.25) is 0 Å². The van der Waals surface area contributed by atoms with Crippen LogP contribution in [-0.4, -0.2) is 38.5 Å². The molecule has 1 atom stereocenters. The Labute approximate surface area is 114 Å². The maximum absolute atomic E-state index is 5.78. The molecular formula is C14H20BNO3. The number of hydrogen-bond donors (Lipinski definition) is 0.